The van der Waals surface area contributed by atoms with Crippen molar-refractivity contribution in [1.29, 1.82) is 5.26 Å². The summed E-state index contributed by atoms with van der Waals surface area (Å²) in [5, 5.41) is 16.9. The van der Waals surface area contributed by atoms with Gasteiger partial charge < -0.3 is 10.1 Å². The summed E-state index contributed by atoms with van der Waals surface area (Å²) < 4.78 is 7.82. The molecule has 0 aliphatic heterocycles. The van der Waals surface area contributed by atoms with Crippen molar-refractivity contribution in [1.82, 2.24) is 19.7 Å². The van der Waals surface area contributed by atoms with Gasteiger partial charge in [0.05, 0.1) is 47.2 Å². The fourth-order valence-corrected chi connectivity index (χ4v) is 2.97. The summed E-state index contributed by atoms with van der Waals surface area (Å²) in [5.41, 5.74) is 1.96. The number of anilines is 2. The number of methoxy groups -OCH3 is 1. The number of halogens is 1. The lowest BCUT2D eigenvalue weighted by Gasteiger charge is -2.06. The molecule has 2 aliphatic carbocycles. The van der Waals surface area contributed by atoms with Gasteiger partial charge in [0.25, 0.3) is 0 Å². The van der Waals surface area contributed by atoms with Crippen molar-refractivity contribution in [3.63, 3.8) is 0 Å². The Labute approximate surface area is 141 Å². The topological polar surface area (TPSA) is 88.6 Å². The fraction of sp³-hybridized carbons (Fsp3) is 0.467. The second-order valence-electron chi connectivity index (χ2n) is 5.90. The molecule has 2 saturated carbocycles. The third kappa shape index (κ3) is 2.77. The van der Waals surface area contributed by atoms with Gasteiger partial charge in [0, 0.05) is 12.1 Å². The highest BCUT2D eigenvalue weighted by atomic mass is 79.9. The lowest BCUT2D eigenvalue weighted by molar-refractivity contribution is 0.394. The van der Waals surface area contributed by atoms with Crippen molar-refractivity contribution in [3.8, 4) is 11.9 Å². The molecule has 2 atom stereocenters. The van der Waals surface area contributed by atoms with E-state index in [1.54, 1.807) is 13.3 Å². The summed E-state index contributed by atoms with van der Waals surface area (Å²) in [5.74, 6) is 1.53. The van der Waals surface area contributed by atoms with Crippen molar-refractivity contribution in [2.24, 2.45) is 5.92 Å². The second-order valence-corrected chi connectivity index (χ2v) is 6.75. The minimum atomic E-state index is 0.0822. The van der Waals surface area contributed by atoms with E-state index in [9.17, 15) is 0 Å². The van der Waals surface area contributed by atoms with Gasteiger partial charge in [0.2, 0.25) is 11.8 Å². The highest BCUT2D eigenvalue weighted by Gasteiger charge is 2.41. The van der Waals surface area contributed by atoms with E-state index >= 15 is 0 Å². The number of hydrogen-bond acceptors (Lipinski definition) is 6. The Hall–Kier alpha value is -2.14. The van der Waals surface area contributed by atoms with Gasteiger partial charge in [-0.3, -0.25) is 4.68 Å². The van der Waals surface area contributed by atoms with Crippen LogP contribution in [0.1, 0.15) is 36.9 Å². The van der Waals surface area contributed by atoms with Crippen LogP contribution in [0.3, 0.4) is 0 Å². The van der Waals surface area contributed by atoms with Gasteiger partial charge in [-0.25, -0.2) is 4.98 Å². The summed E-state index contributed by atoms with van der Waals surface area (Å²) >= 11 is 3.34. The van der Waals surface area contributed by atoms with Gasteiger partial charge >= 0.3 is 0 Å². The van der Waals surface area contributed by atoms with Gasteiger partial charge in [0.15, 0.2) is 0 Å². The summed E-state index contributed by atoms with van der Waals surface area (Å²) in [6.45, 7) is 0. The highest BCUT2D eigenvalue weighted by molar-refractivity contribution is 9.10. The van der Waals surface area contributed by atoms with Crippen molar-refractivity contribution in [2.45, 2.75) is 31.2 Å². The molecule has 0 bridgehead atoms. The molecule has 1 N–H and O–H groups in total. The lowest BCUT2D eigenvalue weighted by atomic mass is 10.2. The standard InChI is InChI=1S/C15H15BrN6O/c1-23-14-10(16)6-18-15(20-14)19-11-7-22(12-4-9(12)5-17)21-13(11)8-2-3-8/h6-9,12H,2-4H2,1H3,(H,18,19,20)/t9?,12-/m1/s1. The Balaban J connectivity index is 1.62. The maximum atomic E-state index is 9.01. The number of hydrogen-bond donors (Lipinski definition) is 1. The van der Waals surface area contributed by atoms with E-state index in [0.29, 0.717) is 22.2 Å². The molecular formula is C15H15BrN6O. The SMILES string of the molecule is COc1nc(Nc2cn([C@@H]3CC3C#N)nc2C2CC2)ncc1Br. The predicted octanol–water partition coefficient (Wildman–Crippen LogP) is 3.15. The van der Waals surface area contributed by atoms with Crippen LogP contribution in [0, 0.1) is 17.2 Å². The van der Waals surface area contributed by atoms with Crippen LogP contribution in [0.2, 0.25) is 0 Å². The third-order valence-electron chi connectivity index (χ3n) is 4.14. The summed E-state index contributed by atoms with van der Waals surface area (Å²) in [4.78, 5) is 8.59. The average Bonchev–Trinajstić information content (AvgIpc) is 3.48. The minimum Gasteiger partial charge on any atom is -0.480 e. The zero-order valence-electron chi connectivity index (χ0n) is 12.5. The van der Waals surface area contributed by atoms with Crippen LogP contribution in [0.5, 0.6) is 5.88 Å². The number of nitrogens with zero attached hydrogens (tertiary/aromatic N) is 5. The molecule has 0 radical (unpaired) electrons. The maximum absolute atomic E-state index is 9.01. The van der Waals surface area contributed by atoms with E-state index in [1.807, 2.05) is 10.9 Å². The molecule has 2 aromatic rings. The molecule has 23 heavy (non-hydrogen) atoms. The first-order chi connectivity index (χ1) is 11.2. The quantitative estimate of drug-likeness (QED) is 0.864. The number of nitriles is 1. The smallest absolute Gasteiger partial charge is 0.232 e. The molecule has 0 amide bonds. The zero-order chi connectivity index (χ0) is 16.0. The summed E-state index contributed by atoms with van der Waals surface area (Å²) in [7, 11) is 1.57. The van der Waals surface area contributed by atoms with Gasteiger partial charge in [-0.05, 0) is 35.2 Å². The Kier molecular flexibility index (Phi) is 3.45. The van der Waals surface area contributed by atoms with E-state index in [-0.39, 0.29) is 12.0 Å². The molecule has 1 unspecified atom stereocenters. The highest BCUT2D eigenvalue weighted by Crippen LogP contribution is 2.47. The van der Waals surface area contributed by atoms with E-state index in [4.69, 9.17) is 15.1 Å². The summed E-state index contributed by atoms with van der Waals surface area (Å²) in [6, 6.07) is 2.51. The van der Waals surface area contributed by atoms with E-state index < -0.39 is 0 Å². The molecule has 7 nitrogen and oxygen atoms in total. The molecule has 118 valence electrons. The van der Waals surface area contributed by atoms with Crippen molar-refractivity contribution in [3.05, 3.63) is 22.6 Å². The number of ether oxygens (including phenoxy) is 1. The first-order valence-corrected chi connectivity index (χ1v) is 8.31. The van der Waals surface area contributed by atoms with Crippen LogP contribution in [0.4, 0.5) is 11.6 Å². The van der Waals surface area contributed by atoms with Crippen LogP contribution in [0.25, 0.3) is 0 Å². The Morgan fingerprint density at radius 3 is 2.96 bits per heavy atom. The normalized spacial score (nSPS) is 22.5. The molecule has 2 aliphatic rings. The van der Waals surface area contributed by atoms with Crippen LogP contribution in [-0.4, -0.2) is 26.9 Å². The molecule has 2 heterocycles. The molecule has 8 heteroatoms. The second kappa shape index (κ2) is 5.49. The van der Waals surface area contributed by atoms with Crippen LogP contribution in [0.15, 0.2) is 16.9 Å². The largest absolute Gasteiger partial charge is 0.480 e. The van der Waals surface area contributed by atoms with Crippen molar-refractivity contribution < 1.29 is 4.74 Å². The predicted molar refractivity (Wildman–Crippen MR) is 86.5 cm³/mol. The van der Waals surface area contributed by atoms with E-state index in [2.05, 4.69) is 37.3 Å². The van der Waals surface area contributed by atoms with Crippen LogP contribution in [-0.2, 0) is 0 Å². The maximum Gasteiger partial charge on any atom is 0.232 e. The minimum absolute atomic E-state index is 0.0822. The third-order valence-corrected chi connectivity index (χ3v) is 4.68. The number of nitrogens with one attached hydrogen (secondary N) is 1. The number of aromatic nitrogens is 4. The molecular weight excluding hydrogens is 360 g/mol. The Morgan fingerprint density at radius 1 is 1.48 bits per heavy atom. The molecule has 0 aromatic carbocycles. The van der Waals surface area contributed by atoms with Gasteiger partial charge in [-0.15, -0.1) is 0 Å². The van der Waals surface area contributed by atoms with E-state index in [0.717, 1.165) is 30.6 Å². The van der Waals surface area contributed by atoms with Crippen molar-refractivity contribution >= 4 is 27.6 Å². The molecule has 2 aromatic heterocycles. The number of rotatable bonds is 5. The Bertz CT molecular complexity index is 794. The monoisotopic (exact) mass is 374 g/mol. The average molecular weight is 375 g/mol. The van der Waals surface area contributed by atoms with Gasteiger partial charge in [-0.2, -0.15) is 15.3 Å². The summed E-state index contributed by atoms with van der Waals surface area (Å²) in [6.07, 6.45) is 6.81. The van der Waals surface area contributed by atoms with Crippen molar-refractivity contribution in [2.75, 3.05) is 12.4 Å². The first kappa shape index (κ1) is 14.5. The molecule has 4 rings (SSSR count). The lowest BCUT2D eigenvalue weighted by Crippen LogP contribution is -2.00. The zero-order valence-corrected chi connectivity index (χ0v) is 14.1. The van der Waals surface area contributed by atoms with Crippen LogP contribution < -0.4 is 10.1 Å². The first-order valence-electron chi connectivity index (χ1n) is 7.52. The Morgan fingerprint density at radius 2 is 2.30 bits per heavy atom. The van der Waals surface area contributed by atoms with Crippen LogP contribution >= 0.6 is 15.9 Å². The molecule has 0 saturated heterocycles. The fourth-order valence-electron chi connectivity index (χ4n) is 2.62. The van der Waals surface area contributed by atoms with E-state index in [1.165, 1.54) is 0 Å². The molecule has 2 fully saturated rings. The molecule has 0 spiro atoms. The van der Waals surface area contributed by atoms with Gasteiger partial charge in [-0.1, -0.05) is 0 Å². The van der Waals surface area contributed by atoms with Gasteiger partial charge in [0.1, 0.15) is 0 Å².